The highest BCUT2D eigenvalue weighted by molar-refractivity contribution is 7.89. The molecule has 0 spiro atoms. The summed E-state index contributed by atoms with van der Waals surface area (Å²) in [4.78, 5) is 12.6. The summed E-state index contributed by atoms with van der Waals surface area (Å²) in [6.45, 7) is 2.70. The number of nitrogens with one attached hydrogen (secondary N) is 3. The molecule has 2 saturated heterocycles. The number of piperidine rings is 2. The first-order chi connectivity index (χ1) is 13.9. The van der Waals surface area contributed by atoms with Crippen molar-refractivity contribution in [3.63, 3.8) is 0 Å². The minimum absolute atomic E-state index is 0.0233. The fourth-order valence-electron chi connectivity index (χ4n) is 4.48. The van der Waals surface area contributed by atoms with Gasteiger partial charge in [-0.2, -0.15) is 0 Å². The van der Waals surface area contributed by atoms with E-state index < -0.39 is 16.3 Å². The van der Waals surface area contributed by atoms with E-state index >= 15 is 0 Å². The minimum Gasteiger partial charge on any atom is -0.373 e. The van der Waals surface area contributed by atoms with Gasteiger partial charge in [0.2, 0.25) is 10.0 Å². The van der Waals surface area contributed by atoms with Crippen LogP contribution in [-0.4, -0.2) is 67.9 Å². The number of aliphatic hydroxyl groups excluding tert-OH is 1. The molecule has 2 fully saturated rings. The minimum atomic E-state index is -3.24. The van der Waals surface area contributed by atoms with E-state index in [2.05, 4.69) is 16.0 Å². The highest BCUT2D eigenvalue weighted by atomic mass is 32.2. The Labute approximate surface area is 172 Å². The van der Waals surface area contributed by atoms with Crippen LogP contribution in [0.1, 0.15) is 41.6 Å². The SMILES string of the molecule is O=C(NC1CCN(S(=O)(=O)CC2CCNCC2)CC1)c1ccc2c(c1)CC(O)N2. The lowest BCUT2D eigenvalue weighted by Gasteiger charge is -2.33. The van der Waals surface area contributed by atoms with Crippen LogP contribution in [0.4, 0.5) is 5.69 Å². The number of nitrogens with zero attached hydrogens (tertiary/aromatic N) is 1. The highest BCUT2D eigenvalue weighted by Crippen LogP contribution is 2.26. The van der Waals surface area contributed by atoms with Crippen molar-refractivity contribution in [3.8, 4) is 0 Å². The maximum Gasteiger partial charge on any atom is 0.251 e. The third-order valence-corrected chi connectivity index (χ3v) is 8.23. The van der Waals surface area contributed by atoms with E-state index in [-0.39, 0.29) is 23.6 Å². The van der Waals surface area contributed by atoms with Crippen molar-refractivity contribution in [2.75, 3.05) is 37.2 Å². The molecule has 3 aliphatic heterocycles. The number of hydrogen-bond donors (Lipinski definition) is 4. The van der Waals surface area contributed by atoms with Gasteiger partial charge in [0.05, 0.1) is 5.75 Å². The molecule has 1 amide bonds. The molecule has 1 aromatic rings. The first-order valence-corrected chi connectivity index (χ1v) is 12.1. The predicted molar refractivity (Wildman–Crippen MR) is 111 cm³/mol. The number of benzene rings is 1. The summed E-state index contributed by atoms with van der Waals surface area (Å²) in [6, 6.07) is 5.35. The Kier molecular flexibility index (Phi) is 6.10. The van der Waals surface area contributed by atoms with Crippen molar-refractivity contribution in [2.45, 2.75) is 44.4 Å². The van der Waals surface area contributed by atoms with Gasteiger partial charge in [0, 0.05) is 36.8 Å². The van der Waals surface area contributed by atoms with Crippen LogP contribution >= 0.6 is 0 Å². The first-order valence-electron chi connectivity index (χ1n) is 10.5. The molecule has 0 radical (unpaired) electrons. The standard InChI is InChI=1S/C20H30N4O4S/c25-19-12-16-11-15(1-2-18(16)23-19)20(26)22-17-5-9-24(10-6-17)29(27,28)13-14-3-7-21-8-4-14/h1-2,11,14,17,19,21,23,25H,3-10,12-13H2,(H,22,26). The quantitative estimate of drug-likeness (QED) is 0.550. The Balaban J connectivity index is 1.28. The molecule has 0 saturated carbocycles. The lowest BCUT2D eigenvalue weighted by atomic mass is 10.0. The number of hydrogen-bond acceptors (Lipinski definition) is 6. The van der Waals surface area contributed by atoms with Crippen molar-refractivity contribution in [1.29, 1.82) is 0 Å². The van der Waals surface area contributed by atoms with Gasteiger partial charge in [0.25, 0.3) is 5.91 Å². The molecule has 8 nitrogen and oxygen atoms in total. The molecule has 9 heteroatoms. The van der Waals surface area contributed by atoms with E-state index in [1.807, 2.05) is 12.1 Å². The highest BCUT2D eigenvalue weighted by Gasteiger charge is 2.31. The molecule has 0 aromatic heterocycles. The summed E-state index contributed by atoms with van der Waals surface area (Å²) in [5.41, 5.74) is 2.37. The Morgan fingerprint density at radius 1 is 1.17 bits per heavy atom. The monoisotopic (exact) mass is 422 g/mol. The van der Waals surface area contributed by atoms with Crippen molar-refractivity contribution in [2.24, 2.45) is 5.92 Å². The summed E-state index contributed by atoms with van der Waals surface area (Å²) in [6.07, 6.45) is 2.98. The van der Waals surface area contributed by atoms with E-state index in [9.17, 15) is 18.3 Å². The number of carbonyl (C=O) groups is 1. The summed E-state index contributed by atoms with van der Waals surface area (Å²) in [5.74, 6) is 0.331. The molecule has 29 heavy (non-hydrogen) atoms. The van der Waals surface area contributed by atoms with Gasteiger partial charge >= 0.3 is 0 Å². The number of carbonyl (C=O) groups excluding carboxylic acids is 1. The fourth-order valence-corrected chi connectivity index (χ4v) is 6.39. The van der Waals surface area contributed by atoms with E-state index in [0.717, 1.165) is 37.2 Å². The number of rotatable bonds is 5. The molecule has 0 aliphatic carbocycles. The summed E-state index contributed by atoms with van der Waals surface area (Å²) in [5, 5.41) is 18.9. The molecule has 3 heterocycles. The van der Waals surface area contributed by atoms with E-state index in [1.165, 1.54) is 0 Å². The predicted octanol–water partition coefficient (Wildman–Crippen LogP) is 0.497. The van der Waals surface area contributed by atoms with Crippen LogP contribution in [0.5, 0.6) is 0 Å². The van der Waals surface area contributed by atoms with Gasteiger partial charge in [0.15, 0.2) is 0 Å². The Morgan fingerprint density at radius 2 is 1.90 bits per heavy atom. The van der Waals surface area contributed by atoms with E-state index in [0.29, 0.717) is 37.9 Å². The topological polar surface area (TPSA) is 111 Å². The normalized spacial score (nSPS) is 24.1. The van der Waals surface area contributed by atoms with Gasteiger partial charge in [-0.3, -0.25) is 4.79 Å². The average molecular weight is 423 g/mol. The van der Waals surface area contributed by atoms with Gasteiger partial charge in [-0.25, -0.2) is 12.7 Å². The van der Waals surface area contributed by atoms with Crippen LogP contribution in [0.15, 0.2) is 18.2 Å². The second-order valence-electron chi connectivity index (χ2n) is 8.35. The van der Waals surface area contributed by atoms with Crippen LogP contribution in [0.3, 0.4) is 0 Å². The zero-order valence-electron chi connectivity index (χ0n) is 16.6. The number of fused-ring (bicyclic) bond motifs is 1. The van der Waals surface area contributed by atoms with Gasteiger partial charge < -0.3 is 21.1 Å². The van der Waals surface area contributed by atoms with Crippen molar-refractivity contribution in [1.82, 2.24) is 14.9 Å². The molecule has 3 aliphatic rings. The summed E-state index contributed by atoms with van der Waals surface area (Å²) in [7, 11) is -3.24. The number of amides is 1. The molecular formula is C20H30N4O4S. The van der Waals surface area contributed by atoms with Gasteiger partial charge in [0.1, 0.15) is 6.23 Å². The Hall–Kier alpha value is -1.68. The maximum atomic E-state index is 12.7. The van der Waals surface area contributed by atoms with Crippen LogP contribution < -0.4 is 16.0 Å². The third-order valence-electron chi connectivity index (χ3n) is 6.19. The molecule has 4 N–H and O–H groups in total. The lowest BCUT2D eigenvalue weighted by molar-refractivity contribution is 0.0923. The van der Waals surface area contributed by atoms with Crippen molar-refractivity contribution < 1.29 is 18.3 Å². The van der Waals surface area contributed by atoms with Crippen molar-refractivity contribution in [3.05, 3.63) is 29.3 Å². The summed E-state index contributed by atoms with van der Waals surface area (Å²) < 4.78 is 27.1. The van der Waals surface area contributed by atoms with Crippen LogP contribution in [0.25, 0.3) is 0 Å². The van der Waals surface area contributed by atoms with Crippen LogP contribution in [-0.2, 0) is 16.4 Å². The largest absolute Gasteiger partial charge is 0.373 e. The van der Waals surface area contributed by atoms with E-state index in [4.69, 9.17) is 0 Å². The van der Waals surface area contributed by atoms with Crippen LogP contribution in [0, 0.1) is 5.92 Å². The van der Waals surface area contributed by atoms with Gasteiger partial charge in [-0.15, -0.1) is 0 Å². The zero-order valence-corrected chi connectivity index (χ0v) is 17.4. The second-order valence-corrected chi connectivity index (χ2v) is 10.4. The lowest BCUT2D eigenvalue weighted by Crippen LogP contribution is -2.48. The zero-order chi connectivity index (χ0) is 20.4. The number of aliphatic hydroxyl groups is 1. The van der Waals surface area contributed by atoms with Gasteiger partial charge in [-0.05, 0) is 68.5 Å². The molecule has 160 valence electrons. The molecular weight excluding hydrogens is 392 g/mol. The molecule has 0 bridgehead atoms. The maximum absolute atomic E-state index is 12.7. The molecule has 1 atom stereocenters. The average Bonchev–Trinajstić information content (AvgIpc) is 3.08. The molecule has 1 unspecified atom stereocenters. The fraction of sp³-hybridized carbons (Fsp3) is 0.650. The van der Waals surface area contributed by atoms with E-state index in [1.54, 1.807) is 10.4 Å². The van der Waals surface area contributed by atoms with Crippen molar-refractivity contribution >= 4 is 21.6 Å². The Bertz CT molecular complexity index is 846. The molecule has 4 rings (SSSR count). The number of anilines is 1. The summed E-state index contributed by atoms with van der Waals surface area (Å²) >= 11 is 0. The van der Waals surface area contributed by atoms with Crippen LogP contribution in [0.2, 0.25) is 0 Å². The van der Waals surface area contributed by atoms with Gasteiger partial charge in [-0.1, -0.05) is 0 Å². The number of sulfonamides is 1. The first kappa shape index (κ1) is 20.6. The smallest absolute Gasteiger partial charge is 0.251 e. The third kappa shape index (κ3) is 4.91. The second kappa shape index (κ2) is 8.59. The molecule has 1 aromatic carbocycles. The Morgan fingerprint density at radius 3 is 2.62 bits per heavy atom.